The van der Waals surface area contributed by atoms with Gasteiger partial charge in [0.25, 0.3) is 0 Å². The topological polar surface area (TPSA) is 21.3 Å². The number of ether oxygens (including phenoxy) is 1. The van der Waals surface area contributed by atoms with Crippen LogP contribution in [-0.4, -0.2) is 19.2 Å². The largest absolute Gasteiger partial charge is 0.493 e. The van der Waals surface area contributed by atoms with E-state index in [4.69, 9.17) is 4.74 Å². The normalized spacial score (nSPS) is 12.3. The standard InChI is InChI=1S/C17H27NO/c1-6-19-17-10-8-7-9-15(17)11-16(13(2)3)12-18-14(4)5/h7-11,13-14,18H,6,12H2,1-5H3. The zero-order valence-electron chi connectivity index (χ0n) is 12.9. The highest BCUT2D eigenvalue weighted by molar-refractivity contribution is 5.60. The lowest BCUT2D eigenvalue weighted by Crippen LogP contribution is -2.26. The summed E-state index contributed by atoms with van der Waals surface area (Å²) in [6, 6.07) is 8.72. The molecule has 0 atom stereocenters. The Morgan fingerprint density at radius 1 is 1.21 bits per heavy atom. The van der Waals surface area contributed by atoms with Gasteiger partial charge in [0, 0.05) is 18.2 Å². The number of hydrogen-bond acceptors (Lipinski definition) is 2. The van der Waals surface area contributed by atoms with Gasteiger partial charge in [-0.15, -0.1) is 0 Å². The van der Waals surface area contributed by atoms with Crippen LogP contribution in [-0.2, 0) is 0 Å². The van der Waals surface area contributed by atoms with E-state index in [-0.39, 0.29) is 0 Å². The van der Waals surface area contributed by atoms with Crippen molar-refractivity contribution in [3.8, 4) is 5.75 Å². The first-order chi connectivity index (χ1) is 9.04. The van der Waals surface area contributed by atoms with Crippen LogP contribution in [0.1, 0.15) is 40.2 Å². The molecular weight excluding hydrogens is 234 g/mol. The third-order valence-electron chi connectivity index (χ3n) is 3.02. The third-order valence-corrected chi connectivity index (χ3v) is 3.02. The van der Waals surface area contributed by atoms with E-state index in [0.29, 0.717) is 18.6 Å². The fourth-order valence-electron chi connectivity index (χ4n) is 1.83. The smallest absolute Gasteiger partial charge is 0.126 e. The minimum absolute atomic E-state index is 0.504. The number of benzene rings is 1. The number of hydrogen-bond donors (Lipinski definition) is 1. The predicted octanol–water partition coefficient (Wildman–Crippen LogP) is 4.12. The van der Waals surface area contributed by atoms with Gasteiger partial charge in [-0.05, 0) is 18.9 Å². The van der Waals surface area contributed by atoms with E-state index < -0.39 is 0 Å². The zero-order chi connectivity index (χ0) is 14.3. The van der Waals surface area contributed by atoms with E-state index in [1.165, 1.54) is 11.1 Å². The minimum atomic E-state index is 0.504. The molecule has 1 aromatic carbocycles. The maximum Gasteiger partial charge on any atom is 0.126 e. The summed E-state index contributed by atoms with van der Waals surface area (Å²) in [6.07, 6.45) is 2.26. The van der Waals surface area contributed by atoms with Gasteiger partial charge in [0.15, 0.2) is 0 Å². The van der Waals surface area contributed by atoms with Gasteiger partial charge < -0.3 is 10.1 Å². The summed E-state index contributed by atoms with van der Waals surface area (Å²) in [7, 11) is 0. The van der Waals surface area contributed by atoms with Crippen molar-refractivity contribution in [2.45, 2.75) is 40.7 Å². The van der Waals surface area contributed by atoms with Crippen LogP contribution >= 0.6 is 0 Å². The molecule has 19 heavy (non-hydrogen) atoms. The molecule has 0 amide bonds. The molecule has 0 aliphatic carbocycles. The fourth-order valence-corrected chi connectivity index (χ4v) is 1.83. The van der Waals surface area contributed by atoms with Crippen LogP contribution in [0, 0.1) is 5.92 Å². The van der Waals surface area contributed by atoms with Crippen molar-refractivity contribution < 1.29 is 4.74 Å². The van der Waals surface area contributed by atoms with Gasteiger partial charge in [0.2, 0.25) is 0 Å². The van der Waals surface area contributed by atoms with Gasteiger partial charge >= 0.3 is 0 Å². The predicted molar refractivity (Wildman–Crippen MR) is 83.6 cm³/mol. The summed E-state index contributed by atoms with van der Waals surface area (Å²) in [5.74, 6) is 1.49. The van der Waals surface area contributed by atoms with Crippen LogP contribution in [0.5, 0.6) is 5.75 Å². The van der Waals surface area contributed by atoms with Crippen molar-refractivity contribution in [3.63, 3.8) is 0 Å². The SMILES string of the molecule is CCOc1ccccc1C=C(CNC(C)C)C(C)C. The van der Waals surface area contributed by atoms with Crippen LogP contribution < -0.4 is 10.1 Å². The lowest BCUT2D eigenvalue weighted by atomic mass is 9.99. The lowest BCUT2D eigenvalue weighted by molar-refractivity contribution is 0.339. The summed E-state index contributed by atoms with van der Waals surface area (Å²) in [4.78, 5) is 0. The van der Waals surface area contributed by atoms with Crippen LogP contribution in [0.4, 0.5) is 0 Å². The molecule has 2 heteroatoms. The fraction of sp³-hybridized carbons (Fsp3) is 0.529. The van der Waals surface area contributed by atoms with Gasteiger partial charge in [-0.1, -0.05) is 57.5 Å². The van der Waals surface area contributed by atoms with Crippen molar-refractivity contribution in [2.24, 2.45) is 5.92 Å². The lowest BCUT2D eigenvalue weighted by Gasteiger charge is -2.16. The molecule has 1 N–H and O–H groups in total. The Morgan fingerprint density at radius 3 is 2.47 bits per heavy atom. The Balaban J connectivity index is 2.94. The van der Waals surface area contributed by atoms with Crippen molar-refractivity contribution in [3.05, 3.63) is 35.4 Å². The molecule has 0 radical (unpaired) electrons. The molecule has 2 nitrogen and oxygen atoms in total. The summed E-state index contributed by atoms with van der Waals surface area (Å²) >= 11 is 0. The quantitative estimate of drug-likeness (QED) is 0.797. The second-order valence-electron chi connectivity index (χ2n) is 5.38. The molecule has 0 aromatic heterocycles. The molecule has 0 heterocycles. The van der Waals surface area contributed by atoms with E-state index in [2.05, 4.69) is 51.2 Å². The van der Waals surface area contributed by atoms with Crippen LogP contribution in [0.3, 0.4) is 0 Å². The Morgan fingerprint density at radius 2 is 1.89 bits per heavy atom. The first-order valence-electron chi connectivity index (χ1n) is 7.20. The highest BCUT2D eigenvalue weighted by Crippen LogP contribution is 2.23. The first kappa shape index (κ1) is 15.8. The molecule has 0 unspecified atom stereocenters. The molecule has 1 aromatic rings. The second kappa shape index (κ2) is 8.00. The molecule has 0 bridgehead atoms. The average Bonchev–Trinajstić information content (AvgIpc) is 2.36. The van der Waals surface area contributed by atoms with E-state index in [0.717, 1.165) is 12.3 Å². The molecule has 106 valence electrons. The number of rotatable bonds is 7. The van der Waals surface area contributed by atoms with Gasteiger partial charge in [-0.2, -0.15) is 0 Å². The average molecular weight is 261 g/mol. The Hall–Kier alpha value is -1.28. The molecule has 0 spiro atoms. The Kier molecular flexibility index (Phi) is 6.65. The third kappa shape index (κ3) is 5.48. The molecule has 0 aliphatic heterocycles. The van der Waals surface area contributed by atoms with Crippen molar-refractivity contribution >= 4 is 6.08 Å². The number of nitrogens with one attached hydrogen (secondary N) is 1. The monoisotopic (exact) mass is 261 g/mol. The highest BCUT2D eigenvalue weighted by atomic mass is 16.5. The van der Waals surface area contributed by atoms with Gasteiger partial charge in [0.05, 0.1) is 6.61 Å². The molecule has 1 rings (SSSR count). The van der Waals surface area contributed by atoms with E-state index in [9.17, 15) is 0 Å². The molecule has 0 saturated carbocycles. The van der Waals surface area contributed by atoms with Crippen LogP contribution in [0.15, 0.2) is 29.8 Å². The first-order valence-corrected chi connectivity index (χ1v) is 7.20. The van der Waals surface area contributed by atoms with Crippen molar-refractivity contribution in [2.75, 3.05) is 13.2 Å². The summed E-state index contributed by atoms with van der Waals surface area (Å²) in [5.41, 5.74) is 2.57. The van der Waals surface area contributed by atoms with Crippen molar-refractivity contribution in [1.29, 1.82) is 0 Å². The highest BCUT2D eigenvalue weighted by Gasteiger charge is 2.07. The van der Waals surface area contributed by atoms with Gasteiger partial charge in [-0.3, -0.25) is 0 Å². The summed E-state index contributed by atoms with van der Waals surface area (Å²) in [5, 5.41) is 3.49. The van der Waals surface area contributed by atoms with E-state index >= 15 is 0 Å². The zero-order valence-corrected chi connectivity index (χ0v) is 12.9. The minimum Gasteiger partial charge on any atom is -0.493 e. The molecular formula is C17H27NO. The summed E-state index contributed by atoms with van der Waals surface area (Å²) in [6.45, 7) is 12.5. The number of para-hydroxylation sites is 1. The molecule has 0 fully saturated rings. The van der Waals surface area contributed by atoms with Crippen LogP contribution in [0.2, 0.25) is 0 Å². The van der Waals surface area contributed by atoms with E-state index in [1.807, 2.05) is 19.1 Å². The van der Waals surface area contributed by atoms with Crippen LogP contribution in [0.25, 0.3) is 6.08 Å². The summed E-state index contributed by atoms with van der Waals surface area (Å²) < 4.78 is 5.68. The van der Waals surface area contributed by atoms with Gasteiger partial charge in [0.1, 0.15) is 5.75 Å². The Bertz CT molecular complexity index is 407. The van der Waals surface area contributed by atoms with E-state index in [1.54, 1.807) is 0 Å². The second-order valence-corrected chi connectivity index (χ2v) is 5.38. The maximum absolute atomic E-state index is 5.68. The molecule has 0 saturated heterocycles. The molecule has 0 aliphatic rings. The maximum atomic E-state index is 5.68. The van der Waals surface area contributed by atoms with Gasteiger partial charge in [-0.25, -0.2) is 0 Å². The van der Waals surface area contributed by atoms with Crippen molar-refractivity contribution in [1.82, 2.24) is 5.32 Å². The Labute approximate surface area is 117 Å².